The first kappa shape index (κ1) is 14.0. The Hall–Kier alpha value is -1.10. The van der Waals surface area contributed by atoms with Crippen molar-refractivity contribution in [3.8, 4) is 5.75 Å². The molecule has 17 heavy (non-hydrogen) atoms. The third kappa shape index (κ3) is 4.73. The first-order valence-corrected chi connectivity index (χ1v) is 6.60. The van der Waals surface area contributed by atoms with Gasteiger partial charge in [-0.2, -0.15) is 0 Å². The molecule has 0 aliphatic rings. The first-order chi connectivity index (χ1) is 8.31. The van der Waals surface area contributed by atoms with Crippen molar-refractivity contribution in [2.24, 2.45) is 0 Å². The molecule has 1 aromatic carbocycles. The van der Waals surface area contributed by atoms with Gasteiger partial charge in [0.15, 0.2) is 6.29 Å². The standard InChI is InChI=1S/C13H18O3Si/c1-4-11-7-5-6-8-12(11)16-17-10-9-13(14-2)15-3/h4-8,13H,1,9-10H2,2-3H3. The highest BCUT2D eigenvalue weighted by Crippen LogP contribution is 2.18. The van der Waals surface area contributed by atoms with Crippen LogP contribution in [0.3, 0.4) is 0 Å². The Balaban J connectivity index is 2.33. The van der Waals surface area contributed by atoms with E-state index in [1.165, 1.54) is 0 Å². The molecule has 0 saturated carbocycles. The molecule has 1 rings (SSSR count). The SMILES string of the molecule is C=Cc1ccccc1O[Si]CCC(OC)OC. The van der Waals surface area contributed by atoms with Gasteiger partial charge in [-0.25, -0.2) is 0 Å². The molecule has 0 fully saturated rings. The molecular weight excluding hydrogens is 232 g/mol. The Kier molecular flexibility index (Phi) is 6.62. The van der Waals surface area contributed by atoms with Gasteiger partial charge in [-0.05, 0) is 18.5 Å². The molecule has 0 heterocycles. The van der Waals surface area contributed by atoms with Crippen LogP contribution in [0.4, 0.5) is 0 Å². The van der Waals surface area contributed by atoms with Crippen LogP contribution in [0, 0.1) is 0 Å². The zero-order chi connectivity index (χ0) is 12.5. The molecule has 4 heteroatoms. The Morgan fingerprint density at radius 2 is 2.00 bits per heavy atom. The monoisotopic (exact) mass is 250 g/mol. The van der Waals surface area contributed by atoms with E-state index in [9.17, 15) is 0 Å². The van der Waals surface area contributed by atoms with Gasteiger partial charge in [0, 0.05) is 19.8 Å². The van der Waals surface area contributed by atoms with Crippen molar-refractivity contribution in [2.75, 3.05) is 14.2 Å². The molecule has 0 N–H and O–H groups in total. The zero-order valence-corrected chi connectivity index (χ0v) is 11.3. The van der Waals surface area contributed by atoms with E-state index in [-0.39, 0.29) is 6.29 Å². The number of hydrogen-bond donors (Lipinski definition) is 0. The molecule has 0 amide bonds. The van der Waals surface area contributed by atoms with Gasteiger partial charge in [0.1, 0.15) is 5.75 Å². The quantitative estimate of drug-likeness (QED) is 0.403. The summed E-state index contributed by atoms with van der Waals surface area (Å²) in [5.41, 5.74) is 1.02. The molecule has 92 valence electrons. The Morgan fingerprint density at radius 3 is 2.65 bits per heavy atom. The van der Waals surface area contributed by atoms with Crippen LogP contribution in [-0.4, -0.2) is 30.3 Å². The second-order valence-electron chi connectivity index (χ2n) is 3.43. The fourth-order valence-corrected chi connectivity index (χ4v) is 2.18. The number of hydrogen-bond acceptors (Lipinski definition) is 3. The third-order valence-corrected chi connectivity index (χ3v) is 3.19. The predicted molar refractivity (Wildman–Crippen MR) is 70.1 cm³/mol. The maximum absolute atomic E-state index is 5.71. The van der Waals surface area contributed by atoms with Crippen molar-refractivity contribution < 1.29 is 13.9 Å². The summed E-state index contributed by atoms with van der Waals surface area (Å²) in [6.07, 6.45) is 2.50. The number of para-hydroxylation sites is 1. The van der Waals surface area contributed by atoms with Crippen molar-refractivity contribution in [2.45, 2.75) is 18.8 Å². The average Bonchev–Trinajstić information content (AvgIpc) is 2.39. The molecule has 2 radical (unpaired) electrons. The molecule has 0 aliphatic heterocycles. The Morgan fingerprint density at radius 1 is 1.29 bits per heavy atom. The zero-order valence-electron chi connectivity index (χ0n) is 10.3. The van der Waals surface area contributed by atoms with Gasteiger partial charge in [-0.3, -0.25) is 0 Å². The van der Waals surface area contributed by atoms with E-state index in [0.717, 1.165) is 23.8 Å². The fourth-order valence-electron chi connectivity index (χ4n) is 1.38. The maximum Gasteiger partial charge on any atom is 0.310 e. The summed E-state index contributed by atoms with van der Waals surface area (Å²) < 4.78 is 15.9. The van der Waals surface area contributed by atoms with Crippen LogP contribution in [-0.2, 0) is 9.47 Å². The minimum Gasteiger partial charge on any atom is -0.540 e. The Bertz CT molecular complexity index is 337. The van der Waals surface area contributed by atoms with E-state index in [4.69, 9.17) is 13.9 Å². The highest BCUT2D eigenvalue weighted by Gasteiger charge is 2.06. The summed E-state index contributed by atoms with van der Waals surface area (Å²) in [6.45, 7) is 3.76. The number of benzene rings is 1. The molecule has 1 aromatic rings. The van der Waals surface area contributed by atoms with Crippen molar-refractivity contribution in [3.63, 3.8) is 0 Å². The smallest absolute Gasteiger partial charge is 0.310 e. The van der Waals surface area contributed by atoms with Gasteiger partial charge in [0.25, 0.3) is 0 Å². The molecule has 0 aliphatic carbocycles. The summed E-state index contributed by atoms with van der Waals surface area (Å²) in [5.74, 6) is 0.882. The summed E-state index contributed by atoms with van der Waals surface area (Å²) in [6, 6.07) is 8.78. The summed E-state index contributed by atoms with van der Waals surface area (Å²) >= 11 is 0. The van der Waals surface area contributed by atoms with Gasteiger partial charge in [-0.1, -0.05) is 30.9 Å². The van der Waals surface area contributed by atoms with Crippen molar-refractivity contribution >= 4 is 15.8 Å². The fraction of sp³-hybridized carbons (Fsp3) is 0.385. The molecule has 0 bridgehead atoms. The van der Waals surface area contributed by atoms with Crippen LogP contribution >= 0.6 is 0 Å². The number of rotatable bonds is 8. The van der Waals surface area contributed by atoms with Crippen molar-refractivity contribution in [3.05, 3.63) is 36.4 Å². The van der Waals surface area contributed by atoms with Crippen LogP contribution in [0.5, 0.6) is 5.75 Å². The minimum absolute atomic E-state index is 0.138. The molecule has 0 spiro atoms. The van der Waals surface area contributed by atoms with E-state index in [0.29, 0.717) is 9.76 Å². The predicted octanol–water partition coefficient (Wildman–Crippen LogP) is 2.75. The summed E-state index contributed by atoms with van der Waals surface area (Å²) in [4.78, 5) is 0. The van der Waals surface area contributed by atoms with Gasteiger partial charge in [0.2, 0.25) is 0 Å². The lowest BCUT2D eigenvalue weighted by Gasteiger charge is -2.13. The minimum atomic E-state index is -0.138. The van der Waals surface area contributed by atoms with Gasteiger partial charge >= 0.3 is 9.76 Å². The molecular formula is C13H18O3Si. The van der Waals surface area contributed by atoms with Crippen LogP contribution in [0.15, 0.2) is 30.8 Å². The van der Waals surface area contributed by atoms with Crippen molar-refractivity contribution in [1.29, 1.82) is 0 Å². The van der Waals surface area contributed by atoms with Crippen LogP contribution in [0.2, 0.25) is 6.04 Å². The van der Waals surface area contributed by atoms with Crippen LogP contribution < -0.4 is 4.43 Å². The van der Waals surface area contributed by atoms with E-state index in [1.54, 1.807) is 20.3 Å². The highest BCUT2D eigenvalue weighted by molar-refractivity contribution is 6.28. The lowest BCUT2D eigenvalue weighted by Crippen LogP contribution is -2.15. The topological polar surface area (TPSA) is 27.7 Å². The normalized spacial score (nSPS) is 10.5. The largest absolute Gasteiger partial charge is 0.540 e. The van der Waals surface area contributed by atoms with Crippen LogP contribution in [0.1, 0.15) is 12.0 Å². The number of ether oxygens (including phenoxy) is 2. The summed E-state index contributed by atoms with van der Waals surface area (Å²) in [7, 11) is 3.69. The highest BCUT2D eigenvalue weighted by atomic mass is 28.2. The number of methoxy groups -OCH3 is 2. The second kappa shape index (κ2) is 8.06. The average molecular weight is 250 g/mol. The summed E-state index contributed by atoms with van der Waals surface area (Å²) in [5, 5.41) is 0. The molecule has 0 saturated heterocycles. The first-order valence-electron chi connectivity index (χ1n) is 5.48. The van der Waals surface area contributed by atoms with Gasteiger partial charge in [-0.15, -0.1) is 0 Å². The van der Waals surface area contributed by atoms with Crippen LogP contribution in [0.25, 0.3) is 6.08 Å². The van der Waals surface area contributed by atoms with Gasteiger partial charge < -0.3 is 13.9 Å². The van der Waals surface area contributed by atoms with E-state index >= 15 is 0 Å². The third-order valence-electron chi connectivity index (χ3n) is 2.33. The van der Waals surface area contributed by atoms with Crippen molar-refractivity contribution in [1.82, 2.24) is 0 Å². The molecule has 0 aromatic heterocycles. The van der Waals surface area contributed by atoms with E-state index < -0.39 is 0 Å². The second-order valence-corrected chi connectivity index (χ2v) is 4.42. The molecule has 3 nitrogen and oxygen atoms in total. The lowest BCUT2D eigenvalue weighted by molar-refractivity contribution is -0.103. The lowest BCUT2D eigenvalue weighted by atomic mass is 10.2. The van der Waals surface area contributed by atoms with E-state index in [1.807, 2.05) is 24.3 Å². The van der Waals surface area contributed by atoms with Gasteiger partial charge in [0.05, 0.1) is 0 Å². The Labute approximate surface area is 105 Å². The maximum atomic E-state index is 5.71. The molecule has 0 atom stereocenters. The molecule has 0 unspecified atom stereocenters. The van der Waals surface area contributed by atoms with E-state index in [2.05, 4.69) is 6.58 Å².